The van der Waals surface area contributed by atoms with Gasteiger partial charge in [0.15, 0.2) is 0 Å². The minimum Gasteiger partial charge on any atom is -0.457 e. The summed E-state index contributed by atoms with van der Waals surface area (Å²) in [5, 5.41) is 4.75. The van der Waals surface area contributed by atoms with Crippen molar-refractivity contribution in [3.05, 3.63) is 48.4 Å². The van der Waals surface area contributed by atoms with Crippen LogP contribution in [0.4, 0.5) is 4.39 Å². The van der Waals surface area contributed by atoms with Crippen LogP contribution in [0.5, 0.6) is 11.5 Å². The van der Waals surface area contributed by atoms with Gasteiger partial charge in [-0.05, 0) is 57.4 Å². The average molecular weight is 368 g/mol. The molecule has 0 aliphatic carbocycles. The van der Waals surface area contributed by atoms with E-state index in [4.69, 9.17) is 14.0 Å². The lowest BCUT2D eigenvalue weighted by molar-refractivity contribution is 0.00578. The van der Waals surface area contributed by atoms with Crippen molar-refractivity contribution in [2.45, 2.75) is 38.9 Å². The third-order valence-corrected chi connectivity index (χ3v) is 5.44. The minimum absolute atomic E-state index is 0.326. The number of hydrogen-bond donors (Lipinski definition) is 0. The Kier molecular flexibility index (Phi) is 4.05. The van der Waals surface area contributed by atoms with E-state index in [1.165, 1.54) is 10.7 Å². The highest BCUT2D eigenvalue weighted by molar-refractivity contribution is 6.62. The number of benzene rings is 2. The highest BCUT2D eigenvalue weighted by Crippen LogP contribution is 2.37. The van der Waals surface area contributed by atoms with Gasteiger partial charge in [-0.2, -0.15) is 5.10 Å². The van der Waals surface area contributed by atoms with Crippen LogP contribution in [-0.2, 0) is 16.4 Å². The van der Waals surface area contributed by atoms with Crippen LogP contribution in [0.15, 0.2) is 42.6 Å². The second-order valence-electron chi connectivity index (χ2n) is 7.84. The van der Waals surface area contributed by atoms with Crippen LogP contribution >= 0.6 is 0 Å². The molecule has 5 nitrogen and oxygen atoms in total. The summed E-state index contributed by atoms with van der Waals surface area (Å²) >= 11 is 0. The first-order chi connectivity index (χ1) is 12.7. The summed E-state index contributed by atoms with van der Waals surface area (Å²) in [7, 11) is 1.29. The molecule has 0 N–H and O–H groups in total. The van der Waals surface area contributed by atoms with Gasteiger partial charge in [0.05, 0.1) is 22.8 Å². The van der Waals surface area contributed by atoms with Gasteiger partial charge in [0.25, 0.3) is 0 Å². The number of nitrogens with zero attached hydrogens (tertiary/aromatic N) is 2. The monoisotopic (exact) mass is 368 g/mol. The molecule has 0 amide bonds. The van der Waals surface area contributed by atoms with E-state index >= 15 is 0 Å². The van der Waals surface area contributed by atoms with Gasteiger partial charge in [0.1, 0.15) is 22.8 Å². The van der Waals surface area contributed by atoms with Gasteiger partial charge >= 0.3 is 7.12 Å². The molecule has 0 unspecified atom stereocenters. The topological polar surface area (TPSA) is 45.5 Å². The number of ether oxygens (including phenoxy) is 1. The number of aryl methyl sites for hydroxylation is 1. The number of fused-ring (bicyclic) bond motifs is 1. The molecular weight excluding hydrogens is 346 g/mol. The Morgan fingerprint density at radius 3 is 2.26 bits per heavy atom. The van der Waals surface area contributed by atoms with E-state index in [1.807, 2.05) is 52.0 Å². The maximum atomic E-state index is 14.0. The summed E-state index contributed by atoms with van der Waals surface area (Å²) in [5.74, 6) is 0.878. The van der Waals surface area contributed by atoms with Crippen LogP contribution in [0.25, 0.3) is 10.9 Å². The van der Waals surface area contributed by atoms with Crippen molar-refractivity contribution in [2.24, 2.45) is 7.05 Å². The van der Waals surface area contributed by atoms with Crippen LogP contribution in [0, 0.1) is 5.82 Å². The molecular formula is C20H22BFN2O3. The second-order valence-corrected chi connectivity index (χ2v) is 7.84. The highest BCUT2D eigenvalue weighted by Gasteiger charge is 2.51. The zero-order valence-corrected chi connectivity index (χ0v) is 16.1. The van der Waals surface area contributed by atoms with E-state index in [2.05, 4.69) is 5.10 Å². The zero-order chi connectivity index (χ0) is 19.4. The number of aromatic nitrogens is 2. The molecule has 140 valence electrons. The Balaban J connectivity index is 1.57. The third kappa shape index (κ3) is 3.01. The van der Waals surface area contributed by atoms with Crippen LogP contribution in [0.2, 0.25) is 0 Å². The summed E-state index contributed by atoms with van der Waals surface area (Å²) in [5.41, 5.74) is 0.577. The van der Waals surface area contributed by atoms with Crippen LogP contribution in [-0.4, -0.2) is 28.1 Å². The molecule has 4 rings (SSSR count). The Labute approximate surface area is 158 Å². The Hall–Kier alpha value is -2.38. The molecule has 1 saturated heterocycles. The molecule has 2 heterocycles. The number of hydrogen-bond acceptors (Lipinski definition) is 4. The van der Waals surface area contributed by atoms with E-state index in [0.29, 0.717) is 22.4 Å². The summed E-state index contributed by atoms with van der Waals surface area (Å²) in [6.45, 7) is 8.10. The highest BCUT2D eigenvalue weighted by atomic mass is 19.1. The summed E-state index contributed by atoms with van der Waals surface area (Å²) in [6, 6.07) is 10.5. The van der Waals surface area contributed by atoms with Crippen LogP contribution in [0.3, 0.4) is 0 Å². The molecule has 3 aromatic rings. The molecule has 27 heavy (non-hydrogen) atoms. The molecule has 0 atom stereocenters. The average Bonchev–Trinajstić information content (AvgIpc) is 3.09. The molecule has 7 heteroatoms. The smallest absolute Gasteiger partial charge is 0.457 e. The quantitative estimate of drug-likeness (QED) is 0.660. The van der Waals surface area contributed by atoms with Gasteiger partial charge in [-0.3, -0.25) is 4.68 Å². The molecule has 1 aliphatic rings. The van der Waals surface area contributed by atoms with E-state index in [1.54, 1.807) is 19.3 Å². The maximum Gasteiger partial charge on any atom is 0.494 e. The fourth-order valence-electron chi connectivity index (χ4n) is 3.11. The SMILES string of the molecule is Cn1ncc2c(Oc3ccc(B4OC(C)(C)C(C)(C)O4)cc3)ccc(F)c21. The van der Waals surface area contributed by atoms with Gasteiger partial charge in [-0.25, -0.2) is 4.39 Å². The Morgan fingerprint density at radius 2 is 1.63 bits per heavy atom. The van der Waals surface area contributed by atoms with Crippen LogP contribution in [0.1, 0.15) is 27.7 Å². The van der Waals surface area contributed by atoms with Crippen molar-refractivity contribution in [3.63, 3.8) is 0 Å². The molecule has 1 aromatic heterocycles. The van der Waals surface area contributed by atoms with Crippen molar-refractivity contribution in [1.82, 2.24) is 9.78 Å². The lowest BCUT2D eigenvalue weighted by Crippen LogP contribution is -2.41. The molecule has 0 spiro atoms. The van der Waals surface area contributed by atoms with Gasteiger partial charge in [-0.1, -0.05) is 12.1 Å². The van der Waals surface area contributed by atoms with Gasteiger partial charge < -0.3 is 14.0 Å². The second kappa shape index (κ2) is 6.07. The minimum atomic E-state index is -0.417. The molecule has 1 aliphatic heterocycles. The van der Waals surface area contributed by atoms with E-state index in [0.717, 1.165) is 5.46 Å². The first-order valence-corrected chi connectivity index (χ1v) is 8.92. The standard InChI is InChI=1S/C20H22BFN2O3/c1-19(2)20(3,4)27-21(26-19)13-6-8-14(9-7-13)25-17-11-10-16(22)18-15(17)12-23-24(18)5/h6-12H,1-5H3. The van der Waals surface area contributed by atoms with Crippen LogP contribution < -0.4 is 10.2 Å². The van der Waals surface area contributed by atoms with Crippen molar-refractivity contribution < 1.29 is 18.4 Å². The van der Waals surface area contributed by atoms with Crippen molar-refractivity contribution in [1.29, 1.82) is 0 Å². The van der Waals surface area contributed by atoms with Crippen molar-refractivity contribution >= 4 is 23.5 Å². The predicted molar refractivity (Wildman–Crippen MR) is 103 cm³/mol. The Bertz CT molecular complexity index is 982. The first-order valence-electron chi connectivity index (χ1n) is 8.92. The molecule has 2 aromatic carbocycles. The van der Waals surface area contributed by atoms with E-state index in [9.17, 15) is 4.39 Å². The lowest BCUT2D eigenvalue weighted by Gasteiger charge is -2.32. The number of halogens is 1. The molecule has 1 fully saturated rings. The number of rotatable bonds is 3. The first kappa shape index (κ1) is 18.0. The largest absolute Gasteiger partial charge is 0.494 e. The van der Waals surface area contributed by atoms with Crippen molar-refractivity contribution in [3.8, 4) is 11.5 Å². The van der Waals surface area contributed by atoms with E-state index in [-0.39, 0.29) is 17.0 Å². The molecule has 0 bridgehead atoms. The summed E-state index contributed by atoms with van der Waals surface area (Å²) in [6.07, 6.45) is 1.60. The van der Waals surface area contributed by atoms with E-state index < -0.39 is 7.12 Å². The van der Waals surface area contributed by atoms with Gasteiger partial charge in [-0.15, -0.1) is 0 Å². The van der Waals surface area contributed by atoms with Crippen molar-refractivity contribution in [2.75, 3.05) is 0 Å². The van der Waals surface area contributed by atoms with Gasteiger partial charge in [0.2, 0.25) is 0 Å². The molecule has 0 saturated carbocycles. The maximum absolute atomic E-state index is 14.0. The predicted octanol–water partition coefficient (Wildman–Crippen LogP) is 3.80. The normalized spacial score (nSPS) is 18.2. The summed E-state index contributed by atoms with van der Waals surface area (Å²) < 4.78 is 33.6. The Morgan fingerprint density at radius 1 is 1.00 bits per heavy atom. The fraction of sp³-hybridized carbons (Fsp3) is 0.350. The lowest BCUT2D eigenvalue weighted by atomic mass is 9.79. The third-order valence-electron chi connectivity index (χ3n) is 5.44. The summed E-state index contributed by atoms with van der Waals surface area (Å²) in [4.78, 5) is 0. The molecule has 0 radical (unpaired) electrons. The van der Waals surface area contributed by atoms with Gasteiger partial charge in [0, 0.05) is 7.05 Å². The zero-order valence-electron chi connectivity index (χ0n) is 16.1. The fourth-order valence-corrected chi connectivity index (χ4v) is 3.11.